The summed E-state index contributed by atoms with van der Waals surface area (Å²) in [6, 6.07) is 5.41. The highest BCUT2D eigenvalue weighted by molar-refractivity contribution is 6.30. The average Bonchev–Trinajstić information content (AvgIpc) is 2.91. The van der Waals surface area contributed by atoms with E-state index in [1.165, 1.54) is 0 Å². The van der Waals surface area contributed by atoms with Crippen molar-refractivity contribution < 1.29 is 14.3 Å². The molecule has 5 nitrogen and oxygen atoms in total. The lowest BCUT2D eigenvalue weighted by Crippen LogP contribution is -2.43. The van der Waals surface area contributed by atoms with Gasteiger partial charge in [-0.05, 0) is 45.9 Å². The van der Waals surface area contributed by atoms with Crippen LogP contribution in [0.25, 0.3) is 0 Å². The molecular weight excluding hydrogens is 340 g/mol. The van der Waals surface area contributed by atoms with E-state index in [2.05, 4.69) is 0 Å². The molecule has 1 aliphatic heterocycles. The Morgan fingerprint density at radius 1 is 1.40 bits per heavy atom. The van der Waals surface area contributed by atoms with Gasteiger partial charge in [-0.2, -0.15) is 0 Å². The summed E-state index contributed by atoms with van der Waals surface area (Å²) >= 11 is 6.09. The van der Waals surface area contributed by atoms with E-state index >= 15 is 0 Å². The third kappa shape index (κ3) is 4.66. The molecule has 138 valence electrons. The summed E-state index contributed by atoms with van der Waals surface area (Å²) in [5, 5.41) is 0.606. The molecule has 1 atom stereocenters. The van der Waals surface area contributed by atoms with Gasteiger partial charge in [0.05, 0.1) is 12.5 Å². The number of amides is 2. The molecule has 0 aromatic heterocycles. The number of halogens is 1. The third-order valence-corrected chi connectivity index (χ3v) is 4.63. The van der Waals surface area contributed by atoms with E-state index in [4.69, 9.17) is 16.3 Å². The van der Waals surface area contributed by atoms with Crippen molar-refractivity contribution in [3.05, 3.63) is 28.8 Å². The minimum absolute atomic E-state index is 0.0254. The molecule has 1 aromatic carbocycles. The van der Waals surface area contributed by atoms with Crippen LogP contribution in [-0.2, 0) is 16.1 Å². The van der Waals surface area contributed by atoms with Crippen LogP contribution < -0.4 is 4.74 Å². The first-order valence-electron chi connectivity index (χ1n) is 8.60. The number of hydrogen-bond donors (Lipinski definition) is 0. The number of carbonyl (C=O) groups is 2. The van der Waals surface area contributed by atoms with E-state index in [0.717, 1.165) is 11.3 Å². The molecule has 0 bridgehead atoms. The Hall–Kier alpha value is -1.75. The number of hydrogen-bond acceptors (Lipinski definition) is 3. The van der Waals surface area contributed by atoms with Gasteiger partial charge in [0.25, 0.3) is 0 Å². The molecule has 1 fully saturated rings. The van der Waals surface area contributed by atoms with Gasteiger partial charge in [-0.25, -0.2) is 0 Å². The molecule has 0 saturated carbocycles. The molecule has 6 heteroatoms. The van der Waals surface area contributed by atoms with Crippen molar-refractivity contribution in [3.63, 3.8) is 0 Å². The van der Waals surface area contributed by atoms with Gasteiger partial charge in [0.2, 0.25) is 11.8 Å². The van der Waals surface area contributed by atoms with Crippen molar-refractivity contribution in [2.75, 3.05) is 20.2 Å². The number of nitrogens with zero attached hydrogens (tertiary/aromatic N) is 2. The first kappa shape index (κ1) is 19.6. The van der Waals surface area contributed by atoms with Crippen LogP contribution in [0.15, 0.2) is 18.2 Å². The van der Waals surface area contributed by atoms with Crippen molar-refractivity contribution >= 4 is 23.4 Å². The van der Waals surface area contributed by atoms with Crippen molar-refractivity contribution in [1.29, 1.82) is 0 Å². The summed E-state index contributed by atoms with van der Waals surface area (Å²) in [7, 11) is 1.75. The Kier molecular flexibility index (Phi) is 5.99. The quantitative estimate of drug-likeness (QED) is 0.803. The summed E-state index contributed by atoms with van der Waals surface area (Å²) in [6.07, 6.45) is 0.272. The number of likely N-dealkylation sites (tertiary alicyclic amines) is 1. The predicted octanol–water partition coefficient (Wildman–Crippen LogP) is 3.34. The van der Waals surface area contributed by atoms with Crippen molar-refractivity contribution in [1.82, 2.24) is 9.80 Å². The van der Waals surface area contributed by atoms with E-state index in [1.807, 2.05) is 39.8 Å². The van der Waals surface area contributed by atoms with Crippen molar-refractivity contribution in [3.8, 4) is 5.75 Å². The highest BCUT2D eigenvalue weighted by Gasteiger charge is 2.40. The second kappa shape index (κ2) is 7.65. The highest BCUT2D eigenvalue weighted by atomic mass is 35.5. The lowest BCUT2D eigenvalue weighted by Gasteiger charge is -2.32. The summed E-state index contributed by atoms with van der Waals surface area (Å²) in [5.74, 6) is 0.441. The predicted molar refractivity (Wildman–Crippen MR) is 98.7 cm³/mol. The number of benzene rings is 1. The van der Waals surface area contributed by atoms with Gasteiger partial charge in [-0.15, -0.1) is 0 Å². The van der Waals surface area contributed by atoms with Gasteiger partial charge in [0.1, 0.15) is 5.75 Å². The standard InChI is InChI=1S/C19H27ClN2O3/c1-6-25-16-8-7-15(20)9-13(16)11-21(5)18(24)14-10-17(23)22(12-14)19(2,3)4/h7-9,14H,6,10-12H2,1-5H3/t14-/m0/s1. The van der Waals surface area contributed by atoms with Gasteiger partial charge < -0.3 is 14.5 Å². The number of rotatable bonds is 5. The molecule has 0 spiro atoms. The summed E-state index contributed by atoms with van der Waals surface area (Å²) in [4.78, 5) is 28.5. The molecule has 0 radical (unpaired) electrons. The van der Waals surface area contributed by atoms with E-state index in [9.17, 15) is 9.59 Å². The van der Waals surface area contributed by atoms with Crippen LogP contribution >= 0.6 is 11.6 Å². The minimum Gasteiger partial charge on any atom is -0.494 e. The third-order valence-electron chi connectivity index (χ3n) is 4.39. The Balaban J connectivity index is 2.09. The Morgan fingerprint density at radius 3 is 2.64 bits per heavy atom. The Labute approximate surface area is 154 Å². The van der Waals surface area contributed by atoms with Gasteiger partial charge in [-0.1, -0.05) is 11.6 Å². The van der Waals surface area contributed by atoms with Gasteiger partial charge >= 0.3 is 0 Å². The van der Waals surface area contributed by atoms with Crippen LogP contribution in [0.1, 0.15) is 39.7 Å². The Morgan fingerprint density at radius 2 is 2.08 bits per heavy atom. The molecule has 1 aromatic rings. The lowest BCUT2D eigenvalue weighted by molar-refractivity contribution is -0.135. The molecule has 0 unspecified atom stereocenters. The smallest absolute Gasteiger partial charge is 0.228 e. The normalized spacial score (nSPS) is 17.8. The van der Waals surface area contributed by atoms with Gasteiger partial charge in [0.15, 0.2) is 0 Å². The molecule has 1 aliphatic rings. The van der Waals surface area contributed by atoms with Crippen LogP contribution in [0.5, 0.6) is 5.75 Å². The van der Waals surface area contributed by atoms with Crippen LogP contribution in [0, 0.1) is 5.92 Å². The van der Waals surface area contributed by atoms with Crippen molar-refractivity contribution in [2.45, 2.75) is 46.2 Å². The van der Waals surface area contributed by atoms with Crippen LogP contribution in [0.2, 0.25) is 5.02 Å². The van der Waals surface area contributed by atoms with Crippen LogP contribution in [-0.4, -0.2) is 47.4 Å². The second-order valence-electron chi connectivity index (χ2n) is 7.46. The zero-order valence-electron chi connectivity index (χ0n) is 15.6. The average molecular weight is 367 g/mol. The zero-order chi connectivity index (χ0) is 18.8. The molecular formula is C19H27ClN2O3. The van der Waals surface area contributed by atoms with E-state index < -0.39 is 0 Å². The lowest BCUT2D eigenvalue weighted by atomic mass is 10.1. The minimum atomic E-state index is -0.300. The van der Waals surface area contributed by atoms with Gasteiger partial charge in [-0.3, -0.25) is 9.59 Å². The largest absolute Gasteiger partial charge is 0.494 e. The molecule has 1 heterocycles. The maximum Gasteiger partial charge on any atom is 0.228 e. The fraction of sp³-hybridized carbons (Fsp3) is 0.579. The first-order valence-corrected chi connectivity index (χ1v) is 8.98. The fourth-order valence-electron chi connectivity index (χ4n) is 3.13. The van der Waals surface area contributed by atoms with Crippen LogP contribution in [0.3, 0.4) is 0 Å². The van der Waals surface area contributed by atoms with E-state index in [0.29, 0.717) is 24.7 Å². The molecule has 0 aliphatic carbocycles. The maximum atomic E-state index is 12.8. The monoisotopic (exact) mass is 366 g/mol. The molecule has 25 heavy (non-hydrogen) atoms. The number of carbonyl (C=O) groups excluding carboxylic acids is 2. The zero-order valence-corrected chi connectivity index (χ0v) is 16.4. The summed E-state index contributed by atoms with van der Waals surface area (Å²) in [5.41, 5.74) is 0.599. The molecule has 1 saturated heterocycles. The SMILES string of the molecule is CCOc1ccc(Cl)cc1CN(C)C(=O)[C@H]1CC(=O)N(C(C)(C)C)C1. The second-order valence-corrected chi connectivity index (χ2v) is 7.89. The van der Waals surface area contributed by atoms with Crippen molar-refractivity contribution in [2.24, 2.45) is 5.92 Å². The molecule has 0 N–H and O–H groups in total. The number of ether oxygens (including phenoxy) is 1. The van der Waals surface area contributed by atoms with E-state index in [-0.39, 0.29) is 29.7 Å². The highest BCUT2D eigenvalue weighted by Crippen LogP contribution is 2.28. The first-order chi connectivity index (χ1) is 11.6. The molecule has 2 amide bonds. The topological polar surface area (TPSA) is 49.9 Å². The fourth-order valence-corrected chi connectivity index (χ4v) is 3.33. The molecule has 2 rings (SSSR count). The van der Waals surface area contributed by atoms with Gasteiger partial charge in [0, 0.05) is 42.7 Å². The summed E-state index contributed by atoms with van der Waals surface area (Å²) < 4.78 is 5.62. The Bertz CT molecular complexity index is 655. The van der Waals surface area contributed by atoms with Crippen LogP contribution in [0.4, 0.5) is 0 Å². The summed E-state index contributed by atoms with van der Waals surface area (Å²) in [6.45, 7) is 9.29. The van der Waals surface area contributed by atoms with E-state index in [1.54, 1.807) is 22.9 Å². The maximum absolute atomic E-state index is 12.8.